The van der Waals surface area contributed by atoms with Crippen molar-refractivity contribution in [1.29, 1.82) is 0 Å². The molecule has 5 rings (SSSR count). The molecule has 186 valence electrons. The summed E-state index contributed by atoms with van der Waals surface area (Å²) in [7, 11) is 0. The van der Waals surface area contributed by atoms with Crippen LogP contribution < -0.4 is 21.7 Å². The zero-order valence-corrected chi connectivity index (χ0v) is 19.9. The fraction of sp³-hybridized carbons (Fsp3) is 0.478. The van der Waals surface area contributed by atoms with Crippen LogP contribution in [0.15, 0.2) is 35.3 Å². The minimum absolute atomic E-state index is 0.0251. The number of carbonyl (C=O) groups is 2. The first-order chi connectivity index (χ1) is 16.7. The molecule has 1 aromatic rings. The maximum atomic E-state index is 14.7. The molecular formula is C23H27ClFN7O3. The van der Waals surface area contributed by atoms with Crippen molar-refractivity contribution in [2.45, 2.75) is 50.5 Å². The topological polar surface area (TPSA) is 134 Å². The molecule has 0 spiro atoms. The van der Waals surface area contributed by atoms with Crippen LogP contribution in [-0.2, 0) is 14.3 Å². The van der Waals surface area contributed by atoms with E-state index in [2.05, 4.69) is 25.9 Å². The van der Waals surface area contributed by atoms with Gasteiger partial charge in [0.25, 0.3) is 5.91 Å². The highest BCUT2D eigenvalue weighted by molar-refractivity contribution is 6.31. The van der Waals surface area contributed by atoms with Crippen molar-refractivity contribution in [3.63, 3.8) is 0 Å². The summed E-state index contributed by atoms with van der Waals surface area (Å²) in [4.78, 5) is 34.7. The van der Waals surface area contributed by atoms with Crippen molar-refractivity contribution in [2.24, 2.45) is 11.7 Å². The second-order valence-corrected chi connectivity index (χ2v) is 9.73. The Labute approximate surface area is 206 Å². The number of nitrogens with two attached hydrogens (primary N) is 1. The molecule has 5 N–H and O–H groups in total. The largest absolute Gasteiger partial charge is 0.434 e. The number of amides is 1. The number of rotatable bonds is 5. The van der Waals surface area contributed by atoms with E-state index in [1.54, 1.807) is 17.3 Å². The van der Waals surface area contributed by atoms with Crippen molar-refractivity contribution in [1.82, 2.24) is 25.5 Å². The van der Waals surface area contributed by atoms with E-state index in [9.17, 15) is 14.0 Å². The molecule has 1 aromatic heterocycles. The average molecular weight is 504 g/mol. The van der Waals surface area contributed by atoms with Crippen LogP contribution in [0.3, 0.4) is 0 Å². The van der Waals surface area contributed by atoms with Crippen LogP contribution in [0.5, 0.6) is 0 Å². The van der Waals surface area contributed by atoms with Crippen LogP contribution in [-0.4, -0.2) is 57.8 Å². The first kappa shape index (κ1) is 23.6. The van der Waals surface area contributed by atoms with Gasteiger partial charge in [0.2, 0.25) is 5.72 Å². The number of ether oxygens (including phenoxy) is 1. The molecule has 0 bridgehead atoms. The van der Waals surface area contributed by atoms with Crippen LogP contribution in [0.25, 0.3) is 5.57 Å². The van der Waals surface area contributed by atoms with E-state index in [1.165, 1.54) is 0 Å². The van der Waals surface area contributed by atoms with Crippen molar-refractivity contribution in [2.75, 3.05) is 18.4 Å². The Kier molecular flexibility index (Phi) is 6.14. The van der Waals surface area contributed by atoms with Gasteiger partial charge in [0.05, 0.1) is 17.6 Å². The van der Waals surface area contributed by atoms with Gasteiger partial charge in [0.15, 0.2) is 17.5 Å². The zero-order chi connectivity index (χ0) is 24.7. The summed E-state index contributed by atoms with van der Waals surface area (Å²) in [6.07, 6.45) is 8.19. The molecule has 4 atom stereocenters. The number of piperidine rings is 1. The molecule has 0 saturated carbocycles. The van der Waals surface area contributed by atoms with E-state index in [0.29, 0.717) is 23.9 Å². The molecule has 2 fully saturated rings. The SMILES string of the molecule is CC(Nc1nc(C2=CNC3NC=C(Cl)C=C23)ncc1F)[C@@H]1CCCN(C(=O)[C@@]2(N)CCC(=O)O2)C1. The van der Waals surface area contributed by atoms with Gasteiger partial charge >= 0.3 is 5.97 Å². The van der Waals surface area contributed by atoms with E-state index in [4.69, 9.17) is 22.1 Å². The number of fused-ring (bicyclic) bond motifs is 1. The Hall–Kier alpha value is -3.18. The van der Waals surface area contributed by atoms with E-state index in [-0.39, 0.29) is 42.7 Å². The second-order valence-electron chi connectivity index (χ2n) is 9.29. The van der Waals surface area contributed by atoms with Crippen molar-refractivity contribution < 1.29 is 18.7 Å². The highest BCUT2D eigenvalue weighted by Gasteiger charge is 2.47. The molecule has 12 heteroatoms. The number of esters is 1. The molecule has 0 aliphatic carbocycles. The Morgan fingerprint density at radius 1 is 1.43 bits per heavy atom. The summed E-state index contributed by atoms with van der Waals surface area (Å²) < 4.78 is 19.8. The Bertz CT molecular complexity index is 1160. The fourth-order valence-corrected chi connectivity index (χ4v) is 5.07. The molecular weight excluding hydrogens is 477 g/mol. The predicted octanol–water partition coefficient (Wildman–Crippen LogP) is 1.53. The smallest absolute Gasteiger partial charge is 0.308 e. The number of hydrogen-bond donors (Lipinski definition) is 4. The summed E-state index contributed by atoms with van der Waals surface area (Å²) in [6.45, 7) is 2.88. The fourth-order valence-electron chi connectivity index (χ4n) is 4.89. The van der Waals surface area contributed by atoms with Gasteiger partial charge < -0.3 is 25.6 Å². The van der Waals surface area contributed by atoms with Crippen LogP contribution >= 0.6 is 11.6 Å². The lowest BCUT2D eigenvalue weighted by atomic mass is 9.90. The van der Waals surface area contributed by atoms with Crippen LogP contribution in [0, 0.1) is 11.7 Å². The van der Waals surface area contributed by atoms with Crippen LogP contribution in [0.2, 0.25) is 0 Å². The number of nitrogens with zero attached hydrogens (tertiary/aromatic N) is 3. The van der Waals surface area contributed by atoms with Gasteiger partial charge in [-0.05, 0) is 31.8 Å². The summed E-state index contributed by atoms with van der Waals surface area (Å²) in [5.74, 6) is -0.938. The Morgan fingerprint density at radius 2 is 2.23 bits per heavy atom. The number of dihydropyridines is 1. The number of carbonyl (C=O) groups excluding carboxylic acids is 2. The Balaban J connectivity index is 1.28. The summed E-state index contributed by atoms with van der Waals surface area (Å²) in [5, 5.41) is 10.0. The third-order valence-electron chi connectivity index (χ3n) is 6.86. The molecule has 4 aliphatic heterocycles. The molecule has 0 radical (unpaired) electrons. The third kappa shape index (κ3) is 4.57. The minimum atomic E-state index is -1.59. The van der Waals surface area contributed by atoms with Crippen LogP contribution in [0.4, 0.5) is 10.2 Å². The van der Waals surface area contributed by atoms with E-state index >= 15 is 0 Å². The van der Waals surface area contributed by atoms with Gasteiger partial charge in [-0.3, -0.25) is 15.3 Å². The van der Waals surface area contributed by atoms with E-state index < -0.39 is 17.5 Å². The maximum Gasteiger partial charge on any atom is 0.308 e. The van der Waals surface area contributed by atoms with Gasteiger partial charge in [0, 0.05) is 49.1 Å². The maximum absolute atomic E-state index is 14.7. The molecule has 35 heavy (non-hydrogen) atoms. The number of allylic oxidation sites excluding steroid dienone is 2. The number of hydrogen-bond acceptors (Lipinski definition) is 9. The van der Waals surface area contributed by atoms with Gasteiger partial charge in [-0.1, -0.05) is 11.6 Å². The molecule has 10 nitrogen and oxygen atoms in total. The first-order valence-corrected chi connectivity index (χ1v) is 12.0. The molecule has 2 unspecified atom stereocenters. The van der Waals surface area contributed by atoms with Crippen molar-refractivity contribution in [3.05, 3.63) is 46.9 Å². The third-order valence-corrected chi connectivity index (χ3v) is 7.08. The quantitative estimate of drug-likeness (QED) is 0.441. The number of anilines is 1. The molecule has 0 aromatic carbocycles. The molecule has 4 aliphatic rings. The van der Waals surface area contributed by atoms with Crippen LogP contribution in [0.1, 0.15) is 38.4 Å². The number of aromatic nitrogens is 2. The lowest BCUT2D eigenvalue weighted by Gasteiger charge is -2.38. The zero-order valence-electron chi connectivity index (χ0n) is 19.2. The van der Waals surface area contributed by atoms with Gasteiger partial charge in [-0.2, -0.15) is 0 Å². The second kappa shape index (κ2) is 9.12. The number of halogens is 2. The highest BCUT2D eigenvalue weighted by atomic mass is 35.5. The first-order valence-electron chi connectivity index (χ1n) is 11.6. The van der Waals surface area contributed by atoms with Crippen molar-refractivity contribution in [3.8, 4) is 0 Å². The average Bonchev–Trinajstić information content (AvgIpc) is 3.43. The highest BCUT2D eigenvalue weighted by Crippen LogP contribution is 2.32. The predicted molar refractivity (Wildman–Crippen MR) is 127 cm³/mol. The number of cyclic esters (lactones) is 1. The summed E-state index contributed by atoms with van der Waals surface area (Å²) >= 11 is 6.13. The van der Waals surface area contributed by atoms with E-state index in [1.807, 2.05) is 13.0 Å². The van der Waals surface area contributed by atoms with Crippen molar-refractivity contribution >= 4 is 34.9 Å². The summed E-state index contributed by atoms with van der Waals surface area (Å²) in [6, 6.07) is -0.195. The molecule has 1 amide bonds. The van der Waals surface area contributed by atoms with Gasteiger partial charge in [-0.25, -0.2) is 14.4 Å². The minimum Gasteiger partial charge on any atom is -0.434 e. The Morgan fingerprint density at radius 3 is 3.00 bits per heavy atom. The van der Waals surface area contributed by atoms with Gasteiger partial charge in [-0.15, -0.1) is 0 Å². The summed E-state index contributed by atoms with van der Waals surface area (Å²) in [5.41, 5.74) is 6.07. The normalized spacial score (nSPS) is 28.6. The monoisotopic (exact) mass is 503 g/mol. The molecule has 5 heterocycles. The lowest BCUT2D eigenvalue weighted by Crippen LogP contribution is -2.58. The molecule has 2 saturated heterocycles. The standard InChI is InChI=1S/C23H27ClFN7O3/c1-12(13-3-2-6-32(11-13)22(34)23(26)5-4-18(33)35-23)30-21-17(25)10-29-20(31-21)16-9-28-19-15(16)7-14(24)8-27-19/h7-10,12-13,19,27-28H,2-6,11,26H2,1H3,(H,29,30,31)/t12?,13-,19?,23-/m1/s1. The van der Waals surface area contributed by atoms with Gasteiger partial charge in [0.1, 0.15) is 6.17 Å². The number of nitrogens with one attached hydrogen (secondary N) is 3. The van der Waals surface area contributed by atoms with E-state index in [0.717, 1.165) is 30.2 Å². The number of likely N-dealkylation sites (tertiary alicyclic amines) is 1. The lowest BCUT2D eigenvalue weighted by molar-refractivity contribution is -0.165.